The second-order valence-electron chi connectivity index (χ2n) is 7.43. The standard InChI is InChI=1S/C22H18ClN5O2S/c1-13-3-2-4-15(9-13)25-19(29)10-17-12-31-22-26-20-18(21(30)27(17)22)11-24-28(20)16-7-5-14(23)6-8-16/h2-9,11,17H,10,12H2,1H3,(H,25,29). The first-order valence-electron chi connectivity index (χ1n) is 9.75. The molecular weight excluding hydrogens is 434 g/mol. The third-order valence-corrected chi connectivity index (χ3v) is 6.51. The number of thioether (sulfide) groups is 1. The minimum Gasteiger partial charge on any atom is -0.326 e. The van der Waals surface area contributed by atoms with E-state index in [4.69, 9.17) is 16.6 Å². The molecule has 1 N–H and O–H groups in total. The Labute approximate surface area is 187 Å². The number of hydrogen-bond donors (Lipinski definition) is 1. The number of carbonyl (C=O) groups is 1. The minimum atomic E-state index is -0.256. The summed E-state index contributed by atoms with van der Waals surface area (Å²) < 4.78 is 3.25. The lowest BCUT2D eigenvalue weighted by Gasteiger charge is -2.13. The number of rotatable bonds is 4. The fraction of sp³-hybridized carbons (Fsp3) is 0.182. The predicted octanol–water partition coefficient (Wildman–Crippen LogP) is 4.22. The highest BCUT2D eigenvalue weighted by Crippen LogP contribution is 2.33. The van der Waals surface area contributed by atoms with Crippen molar-refractivity contribution in [2.45, 2.75) is 24.5 Å². The maximum absolute atomic E-state index is 13.2. The fourth-order valence-electron chi connectivity index (χ4n) is 3.70. The lowest BCUT2D eigenvalue weighted by atomic mass is 10.2. The zero-order valence-electron chi connectivity index (χ0n) is 16.6. The van der Waals surface area contributed by atoms with Gasteiger partial charge in [-0.2, -0.15) is 5.10 Å². The molecule has 2 aromatic heterocycles. The van der Waals surface area contributed by atoms with Crippen LogP contribution < -0.4 is 10.9 Å². The fourth-order valence-corrected chi connectivity index (χ4v) is 4.96. The van der Waals surface area contributed by atoms with Crippen LogP contribution >= 0.6 is 23.4 Å². The van der Waals surface area contributed by atoms with Gasteiger partial charge in [0, 0.05) is 22.9 Å². The zero-order chi connectivity index (χ0) is 21.5. The van der Waals surface area contributed by atoms with Gasteiger partial charge < -0.3 is 5.32 Å². The Kier molecular flexibility index (Phi) is 5.03. The smallest absolute Gasteiger partial charge is 0.265 e. The lowest BCUT2D eigenvalue weighted by Crippen LogP contribution is -2.27. The van der Waals surface area contributed by atoms with Crippen molar-refractivity contribution in [2.24, 2.45) is 0 Å². The normalized spacial score (nSPS) is 15.2. The van der Waals surface area contributed by atoms with Crippen molar-refractivity contribution in [2.75, 3.05) is 11.1 Å². The lowest BCUT2D eigenvalue weighted by molar-refractivity contribution is -0.116. The van der Waals surface area contributed by atoms with Crippen LogP contribution in [0.25, 0.3) is 16.7 Å². The molecule has 1 aliphatic heterocycles. The Morgan fingerprint density at radius 3 is 2.84 bits per heavy atom. The van der Waals surface area contributed by atoms with E-state index in [1.807, 2.05) is 43.3 Å². The van der Waals surface area contributed by atoms with E-state index in [0.29, 0.717) is 27.0 Å². The van der Waals surface area contributed by atoms with Crippen LogP contribution in [-0.2, 0) is 4.79 Å². The first-order chi connectivity index (χ1) is 15.0. The molecule has 7 nitrogen and oxygen atoms in total. The number of fused-ring (bicyclic) bond motifs is 2. The number of amides is 1. The third kappa shape index (κ3) is 3.73. The van der Waals surface area contributed by atoms with Crippen LogP contribution in [0.15, 0.2) is 64.7 Å². The van der Waals surface area contributed by atoms with Gasteiger partial charge >= 0.3 is 0 Å². The number of anilines is 1. The SMILES string of the molecule is Cc1cccc(NC(=O)CC2CSc3nc4c(cnn4-c4ccc(Cl)cc4)c(=O)n32)c1. The molecule has 0 bridgehead atoms. The molecular formula is C22H18ClN5O2S. The molecule has 0 saturated heterocycles. The van der Waals surface area contributed by atoms with Gasteiger partial charge in [0.2, 0.25) is 5.91 Å². The summed E-state index contributed by atoms with van der Waals surface area (Å²) in [4.78, 5) is 30.5. The van der Waals surface area contributed by atoms with Crippen molar-refractivity contribution in [1.29, 1.82) is 0 Å². The molecule has 0 spiro atoms. The van der Waals surface area contributed by atoms with E-state index < -0.39 is 0 Å². The molecule has 9 heteroatoms. The van der Waals surface area contributed by atoms with Crippen LogP contribution in [0.3, 0.4) is 0 Å². The average Bonchev–Trinajstić information content (AvgIpc) is 3.34. The van der Waals surface area contributed by atoms with E-state index in [0.717, 1.165) is 16.9 Å². The van der Waals surface area contributed by atoms with Crippen LogP contribution in [0.2, 0.25) is 5.02 Å². The Bertz CT molecular complexity index is 1360. The second kappa shape index (κ2) is 7.86. The van der Waals surface area contributed by atoms with E-state index in [2.05, 4.69) is 10.4 Å². The van der Waals surface area contributed by atoms with Crippen LogP contribution in [-0.4, -0.2) is 31.0 Å². The molecule has 1 unspecified atom stereocenters. The van der Waals surface area contributed by atoms with Gasteiger partial charge in [-0.3, -0.25) is 14.2 Å². The van der Waals surface area contributed by atoms with Crippen molar-refractivity contribution in [3.63, 3.8) is 0 Å². The summed E-state index contributed by atoms with van der Waals surface area (Å²) in [6, 6.07) is 14.6. The van der Waals surface area contributed by atoms with Crippen molar-refractivity contribution >= 4 is 46.0 Å². The third-order valence-electron chi connectivity index (χ3n) is 5.16. The van der Waals surface area contributed by atoms with Crippen molar-refractivity contribution in [3.8, 4) is 5.69 Å². The maximum Gasteiger partial charge on any atom is 0.265 e. The number of halogens is 1. The maximum atomic E-state index is 13.2. The van der Waals surface area contributed by atoms with Crippen LogP contribution in [0, 0.1) is 6.92 Å². The molecule has 1 aliphatic rings. The Balaban J connectivity index is 1.44. The van der Waals surface area contributed by atoms with Crippen LogP contribution in [0.5, 0.6) is 0 Å². The number of benzene rings is 2. The summed E-state index contributed by atoms with van der Waals surface area (Å²) in [5, 5.41) is 8.91. The van der Waals surface area contributed by atoms with E-state index >= 15 is 0 Å². The summed E-state index contributed by atoms with van der Waals surface area (Å²) in [5.74, 6) is 0.484. The molecule has 156 valence electrons. The molecule has 0 saturated carbocycles. The van der Waals surface area contributed by atoms with Gasteiger partial charge in [0.15, 0.2) is 10.8 Å². The summed E-state index contributed by atoms with van der Waals surface area (Å²) >= 11 is 7.45. The predicted molar refractivity (Wildman–Crippen MR) is 122 cm³/mol. The number of aryl methyl sites for hydroxylation is 1. The van der Waals surface area contributed by atoms with Crippen molar-refractivity contribution in [1.82, 2.24) is 19.3 Å². The summed E-state index contributed by atoms with van der Waals surface area (Å²) in [6.07, 6.45) is 1.73. The van der Waals surface area contributed by atoms with E-state index in [1.165, 1.54) is 18.0 Å². The molecule has 1 amide bonds. The number of carbonyl (C=O) groups excluding carboxylic acids is 1. The van der Waals surface area contributed by atoms with Gasteiger partial charge in [-0.15, -0.1) is 0 Å². The van der Waals surface area contributed by atoms with Gasteiger partial charge in [-0.1, -0.05) is 35.5 Å². The van der Waals surface area contributed by atoms with E-state index in [9.17, 15) is 9.59 Å². The molecule has 0 fully saturated rings. The monoisotopic (exact) mass is 451 g/mol. The van der Waals surface area contributed by atoms with Crippen LogP contribution in [0.4, 0.5) is 5.69 Å². The van der Waals surface area contributed by atoms with E-state index in [1.54, 1.807) is 21.4 Å². The average molecular weight is 452 g/mol. The van der Waals surface area contributed by atoms with Gasteiger partial charge in [-0.05, 0) is 48.9 Å². The number of aromatic nitrogens is 4. The highest BCUT2D eigenvalue weighted by Gasteiger charge is 2.29. The molecule has 0 aliphatic carbocycles. The summed E-state index contributed by atoms with van der Waals surface area (Å²) in [6.45, 7) is 1.97. The number of nitrogens with zero attached hydrogens (tertiary/aromatic N) is 4. The largest absolute Gasteiger partial charge is 0.326 e. The van der Waals surface area contributed by atoms with Crippen LogP contribution in [0.1, 0.15) is 18.0 Å². The first-order valence-corrected chi connectivity index (χ1v) is 11.1. The summed E-state index contributed by atoms with van der Waals surface area (Å²) in [7, 11) is 0. The molecule has 1 atom stereocenters. The Morgan fingerprint density at radius 2 is 2.06 bits per heavy atom. The summed E-state index contributed by atoms with van der Waals surface area (Å²) in [5.41, 5.74) is 2.91. The molecule has 5 rings (SSSR count). The highest BCUT2D eigenvalue weighted by atomic mass is 35.5. The molecule has 0 radical (unpaired) electrons. The van der Waals surface area contributed by atoms with Crippen molar-refractivity contribution < 1.29 is 4.79 Å². The number of hydrogen-bond acceptors (Lipinski definition) is 5. The van der Waals surface area contributed by atoms with Crippen molar-refractivity contribution in [3.05, 3.63) is 75.7 Å². The molecule has 3 heterocycles. The molecule has 2 aromatic carbocycles. The van der Waals surface area contributed by atoms with E-state index in [-0.39, 0.29) is 23.9 Å². The zero-order valence-corrected chi connectivity index (χ0v) is 18.2. The Hall–Kier alpha value is -3.10. The highest BCUT2D eigenvalue weighted by molar-refractivity contribution is 7.99. The van der Waals surface area contributed by atoms with Gasteiger partial charge in [0.05, 0.1) is 17.9 Å². The van der Waals surface area contributed by atoms with Gasteiger partial charge in [0.1, 0.15) is 5.39 Å². The minimum absolute atomic E-state index is 0.132. The van der Waals surface area contributed by atoms with Gasteiger partial charge in [-0.25, -0.2) is 9.67 Å². The second-order valence-corrected chi connectivity index (χ2v) is 8.85. The van der Waals surface area contributed by atoms with Gasteiger partial charge in [0.25, 0.3) is 5.56 Å². The first kappa shape index (κ1) is 19.8. The Morgan fingerprint density at radius 1 is 1.26 bits per heavy atom. The topological polar surface area (TPSA) is 81.8 Å². The molecule has 4 aromatic rings. The molecule has 31 heavy (non-hydrogen) atoms. The number of nitrogens with one attached hydrogen (secondary N) is 1. The quantitative estimate of drug-likeness (QED) is 0.470.